The van der Waals surface area contributed by atoms with Gasteiger partial charge < -0.3 is 15.2 Å². The first-order chi connectivity index (χ1) is 7.30. The number of hydrogen-bond acceptors (Lipinski definition) is 3. The zero-order valence-electron chi connectivity index (χ0n) is 8.62. The van der Waals surface area contributed by atoms with Crippen LogP contribution < -0.4 is 5.32 Å². The molecule has 3 rings (SSSR count). The van der Waals surface area contributed by atoms with E-state index in [1.54, 1.807) is 6.07 Å². The molecule has 1 saturated heterocycles. The maximum Gasteiger partial charge on any atom is 0.115 e. The number of fused-ring (bicyclic) bond motifs is 2. The van der Waals surface area contributed by atoms with E-state index in [1.165, 1.54) is 11.1 Å². The predicted molar refractivity (Wildman–Crippen MR) is 56.7 cm³/mol. The fourth-order valence-electron chi connectivity index (χ4n) is 2.65. The van der Waals surface area contributed by atoms with E-state index in [0.717, 1.165) is 25.9 Å². The minimum atomic E-state index is -0.126. The molecule has 3 nitrogen and oxygen atoms in total. The van der Waals surface area contributed by atoms with Gasteiger partial charge >= 0.3 is 0 Å². The van der Waals surface area contributed by atoms with E-state index in [2.05, 4.69) is 5.32 Å². The molecule has 0 aromatic heterocycles. The second kappa shape index (κ2) is 3.22. The third-order valence-corrected chi connectivity index (χ3v) is 3.50. The van der Waals surface area contributed by atoms with Crippen molar-refractivity contribution in [1.82, 2.24) is 5.32 Å². The summed E-state index contributed by atoms with van der Waals surface area (Å²) in [6, 6.07) is 5.58. The van der Waals surface area contributed by atoms with Crippen LogP contribution in [0.2, 0.25) is 0 Å². The van der Waals surface area contributed by atoms with Crippen molar-refractivity contribution < 1.29 is 9.84 Å². The van der Waals surface area contributed by atoms with Crippen LogP contribution in [0.15, 0.2) is 18.2 Å². The second-order valence-electron chi connectivity index (χ2n) is 4.37. The van der Waals surface area contributed by atoms with Gasteiger partial charge in [-0.3, -0.25) is 0 Å². The fraction of sp³-hybridized carbons (Fsp3) is 0.500. The number of hydrogen-bond donors (Lipinski definition) is 2. The summed E-state index contributed by atoms with van der Waals surface area (Å²) in [5.74, 6) is 0.345. The van der Waals surface area contributed by atoms with Crippen LogP contribution in [0.5, 0.6) is 5.75 Å². The summed E-state index contributed by atoms with van der Waals surface area (Å²) in [5.41, 5.74) is 2.30. The van der Waals surface area contributed by atoms with Gasteiger partial charge in [0.2, 0.25) is 0 Å². The van der Waals surface area contributed by atoms with Crippen molar-refractivity contribution in [3.05, 3.63) is 29.3 Å². The molecule has 0 bridgehead atoms. The van der Waals surface area contributed by atoms with Crippen LogP contribution in [0.1, 0.15) is 24.0 Å². The smallest absolute Gasteiger partial charge is 0.115 e. The zero-order chi connectivity index (χ0) is 10.3. The number of benzene rings is 1. The standard InChI is InChI=1S/C12H15NO2/c14-10-2-1-9-8-15-12(11(9)7-10)3-5-13-6-4-12/h1-2,7,13-14H,3-6,8H2. The molecule has 1 aromatic rings. The highest BCUT2D eigenvalue weighted by molar-refractivity contribution is 5.41. The molecule has 1 spiro atoms. The second-order valence-corrected chi connectivity index (χ2v) is 4.37. The highest BCUT2D eigenvalue weighted by Crippen LogP contribution is 2.43. The van der Waals surface area contributed by atoms with Crippen molar-refractivity contribution in [2.45, 2.75) is 25.0 Å². The molecule has 2 aliphatic heterocycles. The minimum Gasteiger partial charge on any atom is -0.508 e. The van der Waals surface area contributed by atoms with Gasteiger partial charge in [0.05, 0.1) is 12.2 Å². The van der Waals surface area contributed by atoms with E-state index in [1.807, 2.05) is 12.1 Å². The number of rotatable bonds is 0. The van der Waals surface area contributed by atoms with Gasteiger partial charge in [0.15, 0.2) is 0 Å². The number of phenolic OH excluding ortho intramolecular Hbond substituents is 1. The number of piperidine rings is 1. The topological polar surface area (TPSA) is 41.5 Å². The average molecular weight is 205 g/mol. The summed E-state index contributed by atoms with van der Waals surface area (Å²) in [5, 5.41) is 12.9. The van der Waals surface area contributed by atoms with Crippen LogP contribution in [-0.2, 0) is 16.9 Å². The van der Waals surface area contributed by atoms with Crippen LogP contribution in [0.25, 0.3) is 0 Å². The van der Waals surface area contributed by atoms with Crippen molar-refractivity contribution in [2.24, 2.45) is 0 Å². The number of phenols is 1. The van der Waals surface area contributed by atoms with Gasteiger partial charge in [-0.15, -0.1) is 0 Å². The van der Waals surface area contributed by atoms with Crippen LogP contribution >= 0.6 is 0 Å². The molecule has 0 aliphatic carbocycles. The van der Waals surface area contributed by atoms with E-state index < -0.39 is 0 Å². The van der Waals surface area contributed by atoms with Crippen molar-refractivity contribution >= 4 is 0 Å². The van der Waals surface area contributed by atoms with E-state index in [9.17, 15) is 5.11 Å². The molecule has 0 radical (unpaired) electrons. The van der Waals surface area contributed by atoms with Crippen molar-refractivity contribution in [1.29, 1.82) is 0 Å². The molecule has 3 heteroatoms. The number of ether oxygens (including phenoxy) is 1. The lowest BCUT2D eigenvalue weighted by atomic mass is 9.84. The largest absolute Gasteiger partial charge is 0.508 e. The Morgan fingerprint density at radius 3 is 2.87 bits per heavy atom. The molecular weight excluding hydrogens is 190 g/mol. The van der Waals surface area contributed by atoms with Crippen LogP contribution in [0.3, 0.4) is 0 Å². The number of nitrogens with one attached hydrogen (secondary N) is 1. The first-order valence-corrected chi connectivity index (χ1v) is 5.47. The van der Waals surface area contributed by atoms with Crippen LogP contribution in [-0.4, -0.2) is 18.2 Å². The molecule has 0 atom stereocenters. The number of aromatic hydroxyl groups is 1. The van der Waals surface area contributed by atoms with Crippen LogP contribution in [0, 0.1) is 0 Å². The lowest BCUT2D eigenvalue weighted by molar-refractivity contribution is -0.0590. The van der Waals surface area contributed by atoms with Crippen molar-refractivity contribution in [3.8, 4) is 5.75 Å². The van der Waals surface area contributed by atoms with Gasteiger partial charge in [0.1, 0.15) is 5.75 Å². The van der Waals surface area contributed by atoms with E-state index >= 15 is 0 Å². The minimum absolute atomic E-state index is 0.126. The Hall–Kier alpha value is -1.06. The molecule has 2 N–H and O–H groups in total. The quantitative estimate of drug-likeness (QED) is 0.674. The third kappa shape index (κ3) is 1.34. The Morgan fingerprint density at radius 2 is 2.07 bits per heavy atom. The first-order valence-electron chi connectivity index (χ1n) is 5.47. The molecule has 0 saturated carbocycles. The Labute approximate surface area is 89.1 Å². The highest BCUT2D eigenvalue weighted by Gasteiger charge is 2.40. The maximum absolute atomic E-state index is 9.54. The Balaban J connectivity index is 2.05. The lowest BCUT2D eigenvalue weighted by Gasteiger charge is -2.33. The molecule has 1 fully saturated rings. The molecule has 2 heterocycles. The highest BCUT2D eigenvalue weighted by atomic mass is 16.5. The summed E-state index contributed by atoms with van der Waals surface area (Å²) in [6.07, 6.45) is 2.01. The lowest BCUT2D eigenvalue weighted by Crippen LogP contribution is -2.39. The summed E-state index contributed by atoms with van der Waals surface area (Å²) in [6.45, 7) is 2.68. The summed E-state index contributed by atoms with van der Waals surface area (Å²) in [4.78, 5) is 0. The Morgan fingerprint density at radius 1 is 1.27 bits per heavy atom. The molecule has 80 valence electrons. The third-order valence-electron chi connectivity index (χ3n) is 3.50. The molecule has 0 amide bonds. The van der Waals surface area contributed by atoms with Gasteiger partial charge in [-0.25, -0.2) is 0 Å². The molecule has 0 unspecified atom stereocenters. The maximum atomic E-state index is 9.54. The van der Waals surface area contributed by atoms with Crippen molar-refractivity contribution in [3.63, 3.8) is 0 Å². The Bertz CT molecular complexity index is 378. The molecule has 2 aliphatic rings. The Kier molecular flexibility index (Phi) is 1.97. The van der Waals surface area contributed by atoms with Gasteiger partial charge in [-0.1, -0.05) is 6.07 Å². The molecule has 15 heavy (non-hydrogen) atoms. The fourth-order valence-corrected chi connectivity index (χ4v) is 2.65. The van der Waals surface area contributed by atoms with E-state index in [-0.39, 0.29) is 5.60 Å². The van der Waals surface area contributed by atoms with Gasteiger partial charge in [-0.2, -0.15) is 0 Å². The summed E-state index contributed by atoms with van der Waals surface area (Å²) in [7, 11) is 0. The average Bonchev–Trinajstić information content (AvgIpc) is 2.59. The van der Waals surface area contributed by atoms with Gasteiger partial charge in [-0.05, 0) is 49.2 Å². The van der Waals surface area contributed by atoms with E-state index in [4.69, 9.17) is 4.74 Å². The summed E-state index contributed by atoms with van der Waals surface area (Å²) >= 11 is 0. The SMILES string of the molecule is Oc1ccc2c(c1)C1(CCNCC1)OC2. The van der Waals surface area contributed by atoms with Gasteiger partial charge in [0, 0.05) is 0 Å². The first kappa shape index (κ1) is 9.19. The molecular formula is C12H15NO2. The van der Waals surface area contributed by atoms with E-state index in [0.29, 0.717) is 12.4 Å². The van der Waals surface area contributed by atoms with Crippen molar-refractivity contribution in [2.75, 3.05) is 13.1 Å². The normalized spacial score (nSPS) is 22.9. The van der Waals surface area contributed by atoms with Crippen LogP contribution in [0.4, 0.5) is 0 Å². The monoisotopic (exact) mass is 205 g/mol. The van der Waals surface area contributed by atoms with Gasteiger partial charge in [0.25, 0.3) is 0 Å². The summed E-state index contributed by atoms with van der Waals surface area (Å²) < 4.78 is 5.96. The zero-order valence-corrected chi connectivity index (χ0v) is 8.62. The molecule has 1 aromatic carbocycles. The predicted octanol–water partition coefficient (Wildman–Crippen LogP) is 1.50.